The molecule has 1 amide bonds. The summed E-state index contributed by atoms with van der Waals surface area (Å²) in [7, 11) is 1.99. The Morgan fingerprint density at radius 1 is 1.15 bits per heavy atom. The zero-order valence-electron chi connectivity index (χ0n) is 16.4. The predicted molar refractivity (Wildman–Crippen MR) is 112 cm³/mol. The van der Waals surface area contributed by atoms with Crippen LogP contribution in [-0.4, -0.2) is 40.5 Å². The Balaban J connectivity index is 0.00000210. The van der Waals surface area contributed by atoms with Crippen LogP contribution in [0.5, 0.6) is 0 Å². The SMILES string of the molecule is Cc1cc(C(=O)N(C)C2CC3CCC(C2)N3)c(C)n1Cc1ccccc1.Cl. The van der Waals surface area contributed by atoms with Crippen LogP contribution >= 0.6 is 12.4 Å². The van der Waals surface area contributed by atoms with E-state index < -0.39 is 0 Å². The number of benzene rings is 1. The maximum atomic E-state index is 13.2. The van der Waals surface area contributed by atoms with Crippen molar-refractivity contribution in [1.82, 2.24) is 14.8 Å². The molecule has 2 aliphatic rings. The van der Waals surface area contributed by atoms with Gasteiger partial charge in [-0.2, -0.15) is 0 Å². The molecule has 3 heterocycles. The largest absolute Gasteiger partial charge is 0.344 e. The summed E-state index contributed by atoms with van der Waals surface area (Å²) in [6.45, 7) is 4.98. The second kappa shape index (κ2) is 8.07. The van der Waals surface area contributed by atoms with Gasteiger partial charge in [-0.15, -0.1) is 12.4 Å². The highest BCUT2D eigenvalue weighted by Crippen LogP contribution is 2.30. The topological polar surface area (TPSA) is 37.3 Å². The maximum Gasteiger partial charge on any atom is 0.255 e. The van der Waals surface area contributed by atoms with Gasteiger partial charge in [0.05, 0.1) is 5.56 Å². The zero-order chi connectivity index (χ0) is 18.3. The van der Waals surface area contributed by atoms with Gasteiger partial charge >= 0.3 is 0 Å². The van der Waals surface area contributed by atoms with Gasteiger partial charge in [0.1, 0.15) is 0 Å². The highest BCUT2D eigenvalue weighted by Gasteiger charge is 2.37. The molecule has 4 rings (SSSR count). The lowest BCUT2D eigenvalue weighted by Gasteiger charge is -2.35. The average molecular weight is 388 g/mol. The minimum Gasteiger partial charge on any atom is -0.344 e. The molecule has 1 aromatic carbocycles. The van der Waals surface area contributed by atoms with Gasteiger partial charge in [-0.1, -0.05) is 30.3 Å². The van der Waals surface area contributed by atoms with E-state index in [2.05, 4.69) is 54.1 Å². The fourth-order valence-electron chi connectivity index (χ4n) is 4.73. The van der Waals surface area contributed by atoms with Crippen molar-refractivity contribution < 1.29 is 4.79 Å². The maximum absolute atomic E-state index is 13.2. The Labute approximate surface area is 168 Å². The number of carbonyl (C=O) groups excluding carboxylic acids is 1. The quantitative estimate of drug-likeness (QED) is 0.863. The molecule has 4 nitrogen and oxygen atoms in total. The number of hydrogen-bond acceptors (Lipinski definition) is 2. The lowest BCUT2D eigenvalue weighted by molar-refractivity contribution is 0.0681. The first-order chi connectivity index (χ1) is 12.5. The number of nitrogens with one attached hydrogen (secondary N) is 1. The molecule has 2 unspecified atom stereocenters. The number of carbonyl (C=O) groups is 1. The normalized spacial score (nSPS) is 23.7. The fourth-order valence-corrected chi connectivity index (χ4v) is 4.73. The van der Waals surface area contributed by atoms with Crippen LogP contribution in [0.25, 0.3) is 0 Å². The number of nitrogens with zero attached hydrogens (tertiary/aromatic N) is 2. The molecule has 5 heteroatoms. The van der Waals surface area contributed by atoms with E-state index in [0.717, 1.165) is 36.3 Å². The van der Waals surface area contributed by atoms with E-state index in [1.807, 2.05) is 18.0 Å². The number of halogens is 1. The number of rotatable bonds is 4. The van der Waals surface area contributed by atoms with Crippen molar-refractivity contribution in [1.29, 1.82) is 0 Å². The molecule has 2 atom stereocenters. The van der Waals surface area contributed by atoms with Crippen molar-refractivity contribution in [3.63, 3.8) is 0 Å². The second-order valence-corrected chi connectivity index (χ2v) is 8.04. The molecule has 146 valence electrons. The molecule has 27 heavy (non-hydrogen) atoms. The van der Waals surface area contributed by atoms with Crippen molar-refractivity contribution in [3.05, 3.63) is 58.9 Å². The molecule has 2 bridgehead atoms. The molecule has 0 aliphatic carbocycles. The lowest BCUT2D eigenvalue weighted by Crippen LogP contribution is -2.48. The molecular formula is C22H30ClN3O. The van der Waals surface area contributed by atoms with Gasteiger partial charge in [0.25, 0.3) is 5.91 Å². The first-order valence-electron chi connectivity index (χ1n) is 9.77. The third-order valence-corrected chi connectivity index (χ3v) is 6.30. The molecule has 0 saturated carbocycles. The van der Waals surface area contributed by atoms with E-state index in [0.29, 0.717) is 18.1 Å². The van der Waals surface area contributed by atoms with Gasteiger partial charge in [-0.25, -0.2) is 0 Å². The third-order valence-electron chi connectivity index (χ3n) is 6.30. The van der Waals surface area contributed by atoms with Crippen LogP contribution in [0.15, 0.2) is 36.4 Å². The summed E-state index contributed by atoms with van der Waals surface area (Å²) in [5, 5.41) is 3.66. The molecule has 1 aromatic heterocycles. The number of aromatic nitrogens is 1. The highest BCUT2D eigenvalue weighted by molar-refractivity contribution is 5.95. The molecule has 1 N–H and O–H groups in total. The Hall–Kier alpha value is -1.78. The summed E-state index contributed by atoms with van der Waals surface area (Å²) in [5.74, 6) is 0.170. The molecule has 2 fully saturated rings. The standard InChI is InChI=1S/C22H29N3O.ClH/c1-15-11-21(16(2)25(15)14-17-7-5-4-6-8-17)22(26)24(3)20-12-18-9-10-19(13-20)23-18;/h4-8,11,18-20,23H,9-10,12-14H2,1-3H3;1H. The molecule has 0 spiro atoms. The Morgan fingerprint density at radius 3 is 2.41 bits per heavy atom. The van der Waals surface area contributed by atoms with E-state index in [1.54, 1.807) is 0 Å². The minimum atomic E-state index is 0. The van der Waals surface area contributed by atoms with E-state index in [1.165, 1.54) is 18.4 Å². The molecule has 0 radical (unpaired) electrons. The van der Waals surface area contributed by atoms with E-state index in [-0.39, 0.29) is 18.3 Å². The molecule has 2 aromatic rings. The number of aryl methyl sites for hydroxylation is 1. The van der Waals surface area contributed by atoms with Crippen molar-refractivity contribution in [2.24, 2.45) is 0 Å². The smallest absolute Gasteiger partial charge is 0.255 e. The Kier molecular flexibility index (Phi) is 5.97. The summed E-state index contributed by atoms with van der Waals surface area (Å²) in [6, 6.07) is 14.1. The molecule has 2 saturated heterocycles. The van der Waals surface area contributed by atoms with Gasteiger partial charge in [-0.05, 0) is 51.2 Å². The van der Waals surface area contributed by atoms with Gasteiger partial charge in [0, 0.05) is 43.1 Å². The van der Waals surface area contributed by atoms with Gasteiger partial charge in [0.15, 0.2) is 0 Å². The van der Waals surface area contributed by atoms with Crippen LogP contribution in [0, 0.1) is 13.8 Å². The van der Waals surface area contributed by atoms with Crippen molar-refractivity contribution in [2.45, 2.75) is 64.2 Å². The van der Waals surface area contributed by atoms with Crippen LogP contribution in [-0.2, 0) is 6.54 Å². The second-order valence-electron chi connectivity index (χ2n) is 8.04. The predicted octanol–water partition coefficient (Wildman–Crippen LogP) is 3.93. The molecular weight excluding hydrogens is 358 g/mol. The monoisotopic (exact) mass is 387 g/mol. The highest BCUT2D eigenvalue weighted by atomic mass is 35.5. The third kappa shape index (κ3) is 3.92. The summed E-state index contributed by atoms with van der Waals surface area (Å²) in [5.41, 5.74) is 4.33. The number of fused-ring (bicyclic) bond motifs is 2. The van der Waals surface area contributed by atoms with Crippen LogP contribution < -0.4 is 5.32 Å². The van der Waals surface area contributed by atoms with Crippen molar-refractivity contribution in [2.75, 3.05) is 7.05 Å². The van der Waals surface area contributed by atoms with Crippen molar-refractivity contribution in [3.8, 4) is 0 Å². The zero-order valence-corrected chi connectivity index (χ0v) is 17.3. The first-order valence-corrected chi connectivity index (χ1v) is 9.77. The van der Waals surface area contributed by atoms with Crippen LogP contribution in [0.3, 0.4) is 0 Å². The summed E-state index contributed by atoms with van der Waals surface area (Å²) < 4.78 is 2.25. The number of hydrogen-bond donors (Lipinski definition) is 1. The summed E-state index contributed by atoms with van der Waals surface area (Å²) in [4.78, 5) is 15.2. The van der Waals surface area contributed by atoms with Crippen LogP contribution in [0.1, 0.15) is 53.0 Å². The first kappa shape index (κ1) is 20.0. The van der Waals surface area contributed by atoms with Gasteiger partial charge in [0.2, 0.25) is 0 Å². The summed E-state index contributed by atoms with van der Waals surface area (Å²) >= 11 is 0. The minimum absolute atomic E-state index is 0. The van der Waals surface area contributed by atoms with Gasteiger partial charge < -0.3 is 14.8 Å². The van der Waals surface area contributed by atoms with Gasteiger partial charge in [-0.3, -0.25) is 4.79 Å². The van der Waals surface area contributed by atoms with Crippen LogP contribution in [0.4, 0.5) is 0 Å². The lowest BCUT2D eigenvalue weighted by atomic mass is 9.98. The number of piperidine rings is 1. The van der Waals surface area contributed by atoms with Crippen LogP contribution in [0.2, 0.25) is 0 Å². The average Bonchev–Trinajstić information content (AvgIpc) is 3.14. The number of amides is 1. The Bertz CT molecular complexity index is 789. The van der Waals surface area contributed by atoms with E-state index >= 15 is 0 Å². The molecule has 2 aliphatic heterocycles. The van der Waals surface area contributed by atoms with E-state index in [9.17, 15) is 4.79 Å². The Morgan fingerprint density at radius 2 is 1.78 bits per heavy atom. The fraction of sp³-hybridized carbons (Fsp3) is 0.500. The van der Waals surface area contributed by atoms with Crippen molar-refractivity contribution >= 4 is 18.3 Å². The van der Waals surface area contributed by atoms with E-state index in [4.69, 9.17) is 0 Å². The summed E-state index contributed by atoms with van der Waals surface area (Å²) in [6.07, 6.45) is 4.69.